The van der Waals surface area contributed by atoms with Crippen molar-refractivity contribution < 1.29 is 23.0 Å². The van der Waals surface area contributed by atoms with Gasteiger partial charge in [-0.1, -0.05) is 30.3 Å². The van der Waals surface area contributed by atoms with E-state index in [1.165, 1.54) is 11.1 Å². The van der Waals surface area contributed by atoms with E-state index >= 15 is 0 Å². The minimum Gasteiger partial charge on any atom is -0.497 e. The first-order chi connectivity index (χ1) is 14.5. The Morgan fingerprint density at radius 2 is 1.67 bits per heavy atom. The summed E-state index contributed by atoms with van der Waals surface area (Å²) in [6, 6.07) is 20.5. The number of ether oxygens (including phenoxy) is 2. The lowest BCUT2D eigenvalue weighted by Gasteiger charge is -2.16. The zero-order chi connectivity index (χ0) is 21.3. The summed E-state index contributed by atoms with van der Waals surface area (Å²) in [4.78, 5) is 0.167. The molecule has 0 aliphatic rings. The number of hydrogen-bond donors (Lipinski definition) is 1. The van der Waals surface area contributed by atoms with Crippen molar-refractivity contribution in [2.75, 3.05) is 14.2 Å². The molecule has 0 spiro atoms. The first-order valence-electron chi connectivity index (χ1n) is 9.28. The summed E-state index contributed by atoms with van der Waals surface area (Å²) in [7, 11) is -0.857. The maximum absolute atomic E-state index is 13.7. The molecular formula is C23H21NO5S. The highest BCUT2D eigenvalue weighted by Gasteiger charge is 2.26. The molecule has 0 bridgehead atoms. The normalized spacial score (nSPS) is 11.6. The fourth-order valence-corrected chi connectivity index (χ4v) is 5.14. The number of methoxy groups -OCH3 is 2. The standard InChI is InChI=1S/C23H21NO5S/c1-28-18-11-12-20-17(13-18)14-21(23-16(15-25)7-6-10-22(23)29-2)24(20)30(26,27)19-8-4-3-5-9-19/h3-14,25H,15H2,1-2H3. The largest absolute Gasteiger partial charge is 0.497 e. The molecule has 0 aliphatic heterocycles. The number of aliphatic hydroxyl groups is 1. The van der Waals surface area contributed by atoms with Crippen LogP contribution in [-0.4, -0.2) is 31.7 Å². The molecule has 0 aliphatic carbocycles. The molecular weight excluding hydrogens is 402 g/mol. The summed E-state index contributed by atoms with van der Waals surface area (Å²) < 4.78 is 39.5. The topological polar surface area (TPSA) is 77.8 Å². The van der Waals surface area contributed by atoms with Gasteiger partial charge in [-0.05, 0) is 48.0 Å². The summed E-state index contributed by atoms with van der Waals surface area (Å²) >= 11 is 0. The van der Waals surface area contributed by atoms with Crippen molar-refractivity contribution in [2.45, 2.75) is 11.5 Å². The van der Waals surface area contributed by atoms with Crippen LogP contribution in [0.25, 0.3) is 22.2 Å². The van der Waals surface area contributed by atoms with E-state index < -0.39 is 10.0 Å². The van der Waals surface area contributed by atoms with Crippen LogP contribution < -0.4 is 9.47 Å². The lowest BCUT2D eigenvalue weighted by atomic mass is 10.0. The lowest BCUT2D eigenvalue weighted by molar-refractivity contribution is 0.281. The Bertz CT molecular complexity index is 1290. The lowest BCUT2D eigenvalue weighted by Crippen LogP contribution is -2.14. The van der Waals surface area contributed by atoms with E-state index in [4.69, 9.17) is 9.47 Å². The summed E-state index contributed by atoms with van der Waals surface area (Å²) in [6.07, 6.45) is 0. The smallest absolute Gasteiger partial charge is 0.268 e. The van der Waals surface area contributed by atoms with Crippen molar-refractivity contribution in [1.29, 1.82) is 0 Å². The van der Waals surface area contributed by atoms with Crippen LogP contribution in [0.3, 0.4) is 0 Å². The Kier molecular flexibility index (Phi) is 5.24. The molecule has 1 heterocycles. The van der Waals surface area contributed by atoms with Crippen LogP contribution in [0, 0.1) is 0 Å². The van der Waals surface area contributed by atoms with Gasteiger partial charge in [-0.3, -0.25) is 0 Å². The second-order valence-corrected chi connectivity index (χ2v) is 8.48. The van der Waals surface area contributed by atoms with Crippen molar-refractivity contribution in [3.05, 3.63) is 78.4 Å². The van der Waals surface area contributed by atoms with Gasteiger partial charge in [0, 0.05) is 10.9 Å². The third-order valence-corrected chi connectivity index (χ3v) is 6.75. The minimum atomic E-state index is -3.93. The first-order valence-corrected chi connectivity index (χ1v) is 10.7. The van der Waals surface area contributed by atoms with Crippen molar-refractivity contribution in [2.24, 2.45) is 0 Å². The average Bonchev–Trinajstić information content (AvgIpc) is 3.17. The second-order valence-electron chi connectivity index (χ2n) is 6.69. The zero-order valence-corrected chi connectivity index (χ0v) is 17.4. The Morgan fingerprint density at radius 3 is 2.33 bits per heavy atom. The molecule has 0 atom stereocenters. The summed E-state index contributed by atoms with van der Waals surface area (Å²) in [5.74, 6) is 1.09. The van der Waals surface area contributed by atoms with Gasteiger partial charge in [-0.15, -0.1) is 0 Å². The molecule has 7 heteroatoms. The fourth-order valence-electron chi connectivity index (χ4n) is 3.60. The van der Waals surface area contributed by atoms with Gasteiger partial charge >= 0.3 is 0 Å². The van der Waals surface area contributed by atoms with E-state index in [1.54, 1.807) is 79.9 Å². The Labute approximate surface area is 175 Å². The van der Waals surface area contributed by atoms with Gasteiger partial charge in [0.15, 0.2) is 0 Å². The van der Waals surface area contributed by atoms with Crippen LogP contribution in [0.5, 0.6) is 11.5 Å². The number of rotatable bonds is 6. The first kappa shape index (κ1) is 20.0. The van der Waals surface area contributed by atoms with Gasteiger partial charge in [-0.25, -0.2) is 12.4 Å². The third-order valence-electron chi connectivity index (χ3n) is 5.00. The highest BCUT2D eigenvalue weighted by molar-refractivity contribution is 7.90. The highest BCUT2D eigenvalue weighted by Crippen LogP contribution is 2.39. The molecule has 1 N–H and O–H groups in total. The van der Waals surface area contributed by atoms with Gasteiger partial charge in [0.25, 0.3) is 10.0 Å². The molecule has 0 radical (unpaired) electrons. The van der Waals surface area contributed by atoms with E-state index in [1.807, 2.05) is 0 Å². The molecule has 1 aromatic heterocycles. The molecule has 4 rings (SSSR count). The molecule has 0 fully saturated rings. The molecule has 30 heavy (non-hydrogen) atoms. The molecule has 154 valence electrons. The molecule has 0 amide bonds. The third kappa shape index (κ3) is 3.22. The number of nitrogens with zero attached hydrogens (tertiary/aromatic N) is 1. The maximum Gasteiger partial charge on any atom is 0.268 e. The van der Waals surface area contributed by atoms with Crippen LogP contribution in [0.2, 0.25) is 0 Å². The zero-order valence-electron chi connectivity index (χ0n) is 16.6. The SMILES string of the molecule is COc1ccc2c(c1)cc(-c1c(CO)cccc1OC)n2S(=O)(=O)c1ccccc1. The quantitative estimate of drug-likeness (QED) is 0.506. The summed E-state index contributed by atoms with van der Waals surface area (Å²) in [6.45, 7) is -0.261. The van der Waals surface area contributed by atoms with E-state index in [9.17, 15) is 13.5 Å². The van der Waals surface area contributed by atoms with E-state index in [-0.39, 0.29) is 11.5 Å². The van der Waals surface area contributed by atoms with Gasteiger partial charge in [0.05, 0.1) is 36.9 Å². The van der Waals surface area contributed by atoms with Gasteiger partial charge in [0.2, 0.25) is 0 Å². The fraction of sp³-hybridized carbons (Fsp3) is 0.130. The maximum atomic E-state index is 13.7. The van der Waals surface area contributed by atoms with Gasteiger partial charge in [0.1, 0.15) is 11.5 Å². The molecule has 6 nitrogen and oxygen atoms in total. The van der Waals surface area contributed by atoms with Crippen molar-refractivity contribution in [3.63, 3.8) is 0 Å². The molecule has 0 saturated heterocycles. The predicted molar refractivity (Wildman–Crippen MR) is 115 cm³/mol. The predicted octanol–water partition coefficient (Wildman–Crippen LogP) is 4.05. The van der Waals surface area contributed by atoms with Crippen LogP contribution in [0.15, 0.2) is 77.7 Å². The van der Waals surface area contributed by atoms with Crippen LogP contribution in [0.4, 0.5) is 0 Å². The van der Waals surface area contributed by atoms with Crippen LogP contribution in [-0.2, 0) is 16.6 Å². The van der Waals surface area contributed by atoms with Crippen LogP contribution in [0.1, 0.15) is 5.56 Å². The Balaban J connectivity index is 2.13. The van der Waals surface area contributed by atoms with Crippen LogP contribution >= 0.6 is 0 Å². The average molecular weight is 423 g/mol. The number of benzene rings is 3. The summed E-state index contributed by atoms with van der Waals surface area (Å²) in [5, 5.41) is 10.6. The molecule has 0 unspecified atom stereocenters. The Hall–Kier alpha value is -3.29. The van der Waals surface area contributed by atoms with E-state index in [0.717, 1.165) is 0 Å². The van der Waals surface area contributed by atoms with Crippen molar-refractivity contribution in [1.82, 2.24) is 3.97 Å². The Morgan fingerprint density at radius 1 is 0.900 bits per heavy atom. The minimum absolute atomic E-state index is 0.167. The highest BCUT2D eigenvalue weighted by atomic mass is 32.2. The molecule has 3 aromatic carbocycles. The molecule has 4 aromatic rings. The molecule has 0 saturated carbocycles. The van der Waals surface area contributed by atoms with Crippen molar-refractivity contribution >= 4 is 20.9 Å². The van der Waals surface area contributed by atoms with Crippen molar-refractivity contribution in [3.8, 4) is 22.8 Å². The summed E-state index contributed by atoms with van der Waals surface area (Å²) in [5.41, 5.74) is 2.00. The van der Waals surface area contributed by atoms with Gasteiger partial charge < -0.3 is 14.6 Å². The number of aromatic nitrogens is 1. The van der Waals surface area contributed by atoms with Gasteiger partial charge in [-0.2, -0.15) is 0 Å². The van der Waals surface area contributed by atoms with E-state index in [2.05, 4.69) is 0 Å². The number of hydrogen-bond acceptors (Lipinski definition) is 5. The monoisotopic (exact) mass is 423 g/mol. The number of aliphatic hydroxyl groups excluding tert-OH is 1. The number of fused-ring (bicyclic) bond motifs is 1. The van der Waals surface area contributed by atoms with E-state index in [0.29, 0.717) is 39.2 Å². The second kappa shape index (κ2) is 7.85.